The van der Waals surface area contributed by atoms with Crippen molar-refractivity contribution in [2.45, 2.75) is 6.54 Å². The Morgan fingerprint density at radius 3 is 2.62 bits per heavy atom. The molecule has 0 aromatic heterocycles. The number of nitrogens with zero attached hydrogens (tertiary/aromatic N) is 2. The van der Waals surface area contributed by atoms with Crippen LogP contribution in [-0.4, -0.2) is 30.5 Å². The fourth-order valence-corrected chi connectivity index (χ4v) is 3.37. The Labute approximate surface area is 183 Å². The van der Waals surface area contributed by atoms with Gasteiger partial charge in [0, 0.05) is 17.7 Å². The Morgan fingerprint density at radius 2 is 1.91 bits per heavy atom. The van der Waals surface area contributed by atoms with Crippen LogP contribution in [0.15, 0.2) is 66.7 Å². The number of non-ortho nitro benzene ring substituents is 1. The summed E-state index contributed by atoms with van der Waals surface area (Å²) >= 11 is 0. The third-order valence-electron chi connectivity index (χ3n) is 5.01. The van der Waals surface area contributed by atoms with Crippen molar-refractivity contribution in [3.8, 4) is 11.5 Å². The van der Waals surface area contributed by atoms with Gasteiger partial charge in [-0.05, 0) is 35.9 Å². The monoisotopic (exact) mass is 433 g/mol. The number of amides is 2. The van der Waals surface area contributed by atoms with Crippen molar-refractivity contribution in [3.63, 3.8) is 0 Å². The first-order valence-electron chi connectivity index (χ1n) is 9.71. The molecule has 3 aromatic carbocycles. The molecule has 0 saturated heterocycles. The average molecular weight is 433 g/mol. The predicted molar refractivity (Wildman–Crippen MR) is 117 cm³/mol. The molecule has 1 heterocycles. The third-order valence-corrected chi connectivity index (χ3v) is 5.01. The normalized spacial score (nSPS) is 12.5. The molecule has 162 valence electrons. The van der Waals surface area contributed by atoms with Gasteiger partial charge >= 0.3 is 0 Å². The molecule has 1 aliphatic rings. The van der Waals surface area contributed by atoms with Gasteiger partial charge in [0.05, 0.1) is 30.0 Å². The Bertz CT molecular complexity index is 1190. The molecule has 3 aromatic rings. The van der Waals surface area contributed by atoms with Gasteiger partial charge in [-0.3, -0.25) is 19.7 Å². The summed E-state index contributed by atoms with van der Waals surface area (Å²) in [5.74, 6) is 0.366. The Hall–Kier alpha value is -4.40. The molecule has 4 rings (SSSR count). The van der Waals surface area contributed by atoms with Crippen LogP contribution >= 0.6 is 0 Å². The van der Waals surface area contributed by atoms with Gasteiger partial charge in [0.15, 0.2) is 6.61 Å². The highest BCUT2D eigenvalue weighted by atomic mass is 16.6. The van der Waals surface area contributed by atoms with Crippen molar-refractivity contribution in [2.24, 2.45) is 0 Å². The lowest BCUT2D eigenvalue weighted by Crippen LogP contribution is -2.38. The number of fused-ring (bicyclic) bond motifs is 1. The van der Waals surface area contributed by atoms with E-state index in [4.69, 9.17) is 9.47 Å². The van der Waals surface area contributed by atoms with E-state index in [9.17, 15) is 19.7 Å². The van der Waals surface area contributed by atoms with E-state index < -0.39 is 10.8 Å². The highest BCUT2D eigenvalue weighted by molar-refractivity contribution is 6.05. The maximum atomic E-state index is 12.7. The van der Waals surface area contributed by atoms with Gasteiger partial charge in [0.1, 0.15) is 11.5 Å². The number of para-hydroxylation sites is 2. The van der Waals surface area contributed by atoms with Crippen LogP contribution in [0.3, 0.4) is 0 Å². The number of nitrogens with one attached hydrogen (secondary N) is 1. The summed E-state index contributed by atoms with van der Waals surface area (Å²) < 4.78 is 10.6. The maximum absolute atomic E-state index is 12.7. The first-order chi connectivity index (χ1) is 15.5. The van der Waals surface area contributed by atoms with Gasteiger partial charge < -0.3 is 19.7 Å². The molecule has 32 heavy (non-hydrogen) atoms. The molecular weight excluding hydrogens is 414 g/mol. The topological polar surface area (TPSA) is 111 Å². The van der Waals surface area contributed by atoms with Gasteiger partial charge in [-0.2, -0.15) is 0 Å². The molecule has 0 spiro atoms. The van der Waals surface area contributed by atoms with Crippen molar-refractivity contribution in [2.75, 3.05) is 23.9 Å². The maximum Gasteiger partial charge on any atom is 0.271 e. The van der Waals surface area contributed by atoms with Crippen LogP contribution in [0.4, 0.5) is 17.1 Å². The average Bonchev–Trinajstić information content (AvgIpc) is 2.81. The Morgan fingerprint density at radius 1 is 1.16 bits per heavy atom. The quantitative estimate of drug-likeness (QED) is 0.468. The Balaban J connectivity index is 1.50. The van der Waals surface area contributed by atoms with Gasteiger partial charge in [0.2, 0.25) is 0 Å². The van der Waals surface area contributed by atoms with Gasteiger partial charge in [-0.25, -0.2) is 0 Å². The third kappa shape index (κ3) is 4.22. The van der Waals surface area contributed by atoms with E-state index in [1.54, 1.807) is 29.2 Å². The number of ether oxygens (including phenoxy) is 2. The van der Waals surface area contributed by atoms with E-state index in [0.717, 1.165) is 5.56 Å². The zero-order chi connectivity index (χ0) is 22.7. The van der Waals surface area contributed by atoms with Crippen LogP contribution < -0.4 is 19.7 Å². The number of carbonyl (C=O) groups is 2. The predicted octanol–water partition coefficient (Wildman–Crippen LogP) is 3.78. The minimum atomic E-state index is -0.547. The van der Waals surface area contributed by atoms with E-state index in [1.807, 2.05) is 24.3 Å². The fraction of sp³-hybridized carbons (Fsp3) is 0.130. The number of nitro groups is 1. The molecule has 0 atom stereocenters. The summed E-state index contributed by atoms with van der Waals surface area (Å²) in [6.07, 6.45) is 0. The van der Waals surface area contributed by atoms with Crippen molar-refractivity contribution < 1.29 is 24.0 Å². The second-order valence-corrected chi connectivity index (χ2v) is 7.03. The number of hydrogen-bond donors (Lipinski definition) is 1. The van der Waals surface area contributed by atoms with E-state index >= 15 is 0 Å². The lowest BCUT2D eigenvalue weighted by Gasteiger charge is -2.29. The lowest BCUT2D eigenvalue weighted by atomic mass is 10.1. The van der Waals surface area contributed by atoms with Crippen molar-refractivity contribution in [3.05, 3.63) is 88.0 Å². The smallest absolute Gasteiger partial charge is 0.271 e. The zero-order valence-electron chi connectivity index (χ0n) is 17.1. The number of anilines is 2. The van der Waals surface area contributed by atoms with Gasteiger partial charge in [-0.15, -0.1) is 0 Å². The lowest BCUT2D eigenvalue weighted by molar-refractivity contribution is -0.384. The van der Waals surface area contributed by atoms with Gasteiger partial charge in [0.25, 0.3) is 17.5 Å². The minimum absolute atomic E-state index is 0.0252. The highest BCUT2D eigenvalue weighted by Gasteiger charge is 2.25. The molecule has 0 bridgehead atoms. The number of nitro benzene ring substituents is 1. The molecule has 0 saturated carbocycles. The molecule has 2 amide bonds. The minimum Gasteiger partial charge on any atom is -0.495 e. The summed E-state index contributed by atoms with van der Waals surface area (Å²) in [4.78, 5) is 37.1. The van der Waals surface area contributed by atoms with E-state index in [0.29, 0.717) is 29.3 Å². The van der Waals surface area contributed by atoms with E-state index in [2.05, 4.69) is 5.32 Å². The molecule has 9 nitrogen and oxygen atoms in total. The van der Waals surface area contributed by atoms with E-state index in [1.165, 1.54) is 25.3 Å². The Kier molecular flexibility index (Phi) is 5.71. The first-order valence-corrected chi connectivity index (χ1v) is 9.71. The fourth-order valence-electron chi connectivity index (χ4n) is 3.37. The molecule has 0 radical (unpaired) electrons. The van der Waals surface area contributed by atoms with Gasteiger partial charge in [-0.1, -0.05) is 24.3 Å². The summed E-state index contributed by atoms with van der Waals surface area (Å²) in [5, 5.41) is 13.7. The number of carbonyl (C=O) groups excluding carboxylic acids is 2. The van der Waals surface area contributed by atoms with Crippen LogP contribution in [0.2, 0.25) is 0 Å². The molecule has 0 aliphatic carbocycles. The van der Waals surface area contributed by atoms with Crippen LogP contribution in [0.1, 0.15) is 15.9 Å². The molecule has 1 N–H and O–H groups in total. The zero-order valence-corrected chi connectivity index (χ0v) is 17.1. The van der Waals surface area contributed by atoms with Crippen LogP contribution in [0, 0.1) is 10.1 Å². The summed E-state index contributed by atoms with van der Waals surface area (Å²) in [5.41, 5.74) is 1.93. The standard InChI is InChI=1S/C23H19N3O6/c1-31-20-11-10-17(26(29)30)12-18(20)24-23(28)16-8-6-15(7-9-16)13-25-19-4-2-3-5-21(19)32-14-22(25)27/h2-12H,13-14H2,1H3,(H,24,28). The summed E-state index contributed by atoms with van der Waals surface area (Å²) in [6, 6.07) is 18.0. The van der Waals surface area contributed by atoms with E-state index in [-0.39, 0.29) is 23.9 Å². The number of benzene rings is 3. The van der Waals surface area contributed by atoms with Crippen molar-refractivity contribution in [1.82, 2.24) is 0 Å². The molecule has 0 fully saturated rings. The molecule has 0 unspecified atom stereocenters. The SMILES string of the molecule is COc1ccc([N+](=O)[O-])cc1NC(=O)c1ccc(CN2C(=O)COc3ccccc32)cc1. The van der Waals surface area contributed by atoms with Crippen LogP contribution in [0.5, 0.6) is 11.5 Å². The van der Waals surface area contributed by atoms with Crippen molar-refractivity contribution >= 4 is 28.9 Å². The molecule has 9 heteroatoms. The number of rotatable bonds is 6. The van der Waals surface area contributed by atoms with Crippen LogP contribution in [0.25, 0.3) is 0 Å². The molecule has 1 aliphatic heterocycles. The second-order valence-electron chi connectivity index (χ2n) is 7.03. The van der Waals surface area contributed by atoms with Crippen molar-refractivity contribution in [1.29, 1.82) is 0 Å². The number of methoxy groups -OCH3 is 1. The largest absolute Gasteiger partial charge is 0.495 e. The summed E-state index contributed by atoms with van der Waals surface area (Å²) in [7, 11) is 1.41. The second kappa shape index (κ2) is 8.76. The molecular formula is C23H19N3O6. The number of hydrogen-bond acceptors (Lipinski definition) is 6. The first kappa shape index (κ1) is 20.9. The van der Waals surface area contributed by atoms with Crippen LogP contribution in [-0.2, 0) is 11.3 Å². The highest BCUT2D eigenvalue weighted by Crippen LogP contribution is 2.33. The summed E-state index contributed by atoms with van der Waals surface area (Å²) in [6.45, 7) is 0.308.